The van der Waals surface area contributed by atoms with Crippen molar-refractivity contribution in [2.24, 2.45) is 0 Å². The van der Waals surface area contributed by atoms with Crippen molar-refractivity contribution in [3.05, 3.63) is 34.6 Å². The lowest BCUT2D eigenvalue weighted by Crippen LogP contribution is -2.50. The normalized spacial score (nSPS) is 24.0. The fourth-order valence-electron chi connectivity index (χ4n) is 4.54. The molecule has 1 aromatic heterocycles. The van der Waals surface area contributed by atoms with E-state index in [0.29, 0.717) is 31.7 Å². The molecular weight excluding hydrogens is 402 g/mol. The number of methoxy groups -OCH3 is 1. The summed E-state index contributed by atoms with van der Waals surface area (Å²) in [6.45, 7) is 3.30. The number of nitrogens with zero attached hydrogens (tertiary/aromatic N) is 2. The van der Waals surface area contributed by atoms with Gasteiger partial charge in [0.1, 0.15) is 6.10 Å². The number of morpholine rings is 1. The summed E-state index contributed by atoms with van der Waals surface area (Å²) in [5.74, 6) is 0.451. The molecule has 30 heavy (non-hydrogen) atoms. The van der Waals surface area contributed by atoms with Crippen LogP contribution < -0.4 is 5.32 Å². The van der Waals surface area contributed by atoms with Crippen LogP contribution in [-0.4, -0.2) is 67.9 Å². The number of hydrogen-bond donors (Lipinski definition) is 1. The minimum Gasteiger partial charge on any atom is -0.385 e. The van der Waals surface area contributed by atoms with Crippen LogP contribution in [0.4, 0.5) is 0 Å². The third-order valence-corrected chi connectivity index (χ3v) is 6.57. The number of fused-ring (bicyclic) bond motifs is 1. The lowest BCUT2D eigenvalue weighted by Gasteiger charge is -2.31. The molecule has 6 nitrogen and oxygen atoms in total. The Bertz CT molecular complexity index is 775. The fraction of sp³-hybridized carbons (Fsp3) is 0.652. The smallest absolute Gasteiger partial charge is 0.253 e. The first-order chi connectivity index (χ1) is 14.7. The van der Waals surface area contributed by atoms with Crippen LogP contribution in [0.15, 0.2) is 18.3 Å². The highest BCUT2D eigenvalue weighted by Gasteiger charge is 2.38. The summed E-state index contributed by atoms with van der Waals surface area (Å²) in [7, 11) is 1.74. The number of amides is 1. The summed E-state index contributed by atoms with van der Waals surface area (Å²) < 4.78 is 11.0. The van der Waals surface area contributed by atoms with Crippen LogP contribution in [0.25, 0.3) is 5.57 Å². The van der Waals surface area contributed by atoms with Gasteiger partial charge in [-0.25, -0.2) is 0 Å². The van der Waals surface area contributed by atoms with Crippen molar-refractivity contribution in [1.82, 2.24) is 15.2 Å². The van der Waals surface area contributed by atoms with Crippen molar-refractivity contribution in [3.63, 3.8) is 0 Å². The maximum absolute atomic E-state index is 13.2. The van der Waals surface area contributed by atoms with E-state index < -0.39 is 6.10 Å². The summed E-state index contributed by atoms with van der Waals surface area (Å²) in [5, 5.41) is 4.00. The predicted molar refractivity (Wildman–Crippen MR) is 118 cm³/mol. The van der Waals surface area contributed by atoms with Gasteiger partial charge in [-0.2, -0.15) is 0 Å². The van der Waals surface area contributed by atoms with Crippen molar-refractivity contribution >= 4 is 23.1 Å². The van der Waals surface area contributed by atoms with Crippen LogP contribution in [-0.2, 0) is 14.3 Å². The van der Waals surface area contributed by atoms with E-state index in [9.17, 15) is 4.79 Å². The van der Waals surface area contributed by atoms with Gasteiger partial charge in [0.15, 0.2) is 0 Å². The number of rotatable bonds is 8. The van der Waals surface area contributed by atoms with Crippen LogP contribution >= 0.6 is 11.6 Å². The Morgan fingerprint density at radius 1 is 1.40 bits per heavy atom. The standard InChI is InChI=1S/C23H32ClN3O3/c1-29-12-3-6-16-4-2-5-17(21-19(24)9-10-26-22(16)21)15-27(18-7-8-18)23(28)20-14-25-11-13-30-20/h5,9-10,16,18,20,25H,2-4,6-8,11-15H2,1H3/t16?,20-/m1/s1. The van der Waals surface area contributed by atoms with Crippen LogP contribution in [0, 0.1) is 0 Å². The van der Waals surface area contributed by atoms with Gasteiger partial charge in [0.05, 0.1) is 17.3 Å². The molecule has 1 amide bonds. The summed E-state index contributed by atoms with van der Waals surface area (Å²) in [4.78, 5) is 20.0. The second kappa shape index (κ2) is 10.2. The molecule has 0 aromatic carbocycles. The molecule has 1 N–H and O–H groups in total. The summed E-state index contributed by atoms with van der Waals surface area (Å²) in [6, 6.07) is 2.17. The molecule has 4 rings (SSSR count). The first-order valence-corrected chi connectivity index (χ1v) is 11.5. The van der Waals surface area contributed by atoms with Crippen molar-refractivity contribution < 1.29 is 14.3 Å². The summed E-state index contributed by atoms with van der Waals surface area (Å²) >= 11 is 6.70. The highest BCUT2D eigenvalue weighted by atomic mass is 35.5. The molecule has 2 heterocycles. The van der Waals surface area contributed by atoms with Crippen LogP contribution in [0.1, 0.15) is 55.7 Å². The van der Waals surface area contributed by atoms with E-state index in [1.54, 1.807) is 13.3 Å². The Balaban J connectivity index is 1.56. The van der Waals surface area contributed by atoms with E-state index >= 15 is 0 Å². The van der Waals surface area contributed by atoms with E-state index in [4.69, 9.17) is 26.1 Å². The molecule has 7 heteroatoms. The SMILES string of the molecule is COCCCC1CCC=C(CN(C(=O)[C@H]2CNCCO2)C2CC2)c2c(Cl)ccnc21. The fourth-order valence-corrected chi connectivity index (χ4v) is 4.82. The Morgan fingerprint density at radius 2 is 2.27 bits per heavy atom. The maximum atomic E-state index is 13.2. The first kappa shape index (κ1) is 21.8. The number of allylic oxidation sites excluding steroid dienone is 1. The molecule has 2 aliphatic carbocycles. The van der Waals surface area contributed by atoms with Gasteiger partial charge in [-0.15, -0.1) is 0 Å². The molecule has 1 saturated carbocycles. The van der Waals surface area contributed by atoms with E-state index in [2.05, 4.69) is 11.4 Å². The average Bonchev–Trinajstić information content (AvgIpc) is 3.61. The minimum absolute atomic E-state index is 0.0908. The van der Waals surface area contributed by atoms with Gasteiger partial charge in [-0.1, -0.05) is 17.7 Å². The number of pyridine rings is 1. The zero-order valence-corrected chi connectivity index (χ0v) is 18.5. The van der Waals surface area contributed by atoms with Crippen LogP contribution in [0.5, 0.6) is 0 Å². The molecule has 164 valence electrons. The maximum Gasteiger partial charge on any atom is 0.253 e. The van der Waals surface area contributed by atoms with Gasteiger partial charge >= 0.3 is 0 Å². The number of carbonyl (C=O) groups excluding carboxylic acids is 1. The highest BCUT2D eigenvalue weighted by Crippen LogP contribution is 2.40. The third kappa shape index (κ3) is 5.05. The van der Waals surface area contributed by atoms with Gasteiger partial charge < -0.3 is 19.7 Å². The lowest BCUT2D eigenvalue weighted by atomic mass is 9.91. The summed E-state index contributed by atoms with van der Waals surface area (Å²) in [5.41, 5.74) is 3.22. The van der Waals surface area contributed by atoms with Crippen LogP contribution in [0.3, 0.4) is 0 Å². The minimum atomic E-state index is -0.392. The van der Waals surface area contributed by atoms with Crippen molar-refractivity contribution in [3.8, 4) is 0 Å². The molecule has 1 saturated heterocycles. The average molecular weight is 434 g/mol. The van der Waals surface area contributed by atoms with E-state index in [1.165, 1.54) is 0 Å². The third-order valence-electron chi connectivity index (χ3n) is 6.26. The Labute approximate surface area is 184 Å². The number of halogens is 1. The van der Waals surface area contributed by atoms with Gasteiger partial charge in [0, 0.05) is 57.1 Å². The molecule has 1 aliphatic heterocycles. The lowest BCUT2D eigenvalue weighted by molar-refractivity contribution is -0.145. The Morgan fingerprint density at radius 3 is 3.00 bits per heavy atom. The monoisotopic (exact) mass is 433 g/mol. The van der Waals surface area contributed by atoms with Crippen LogP contribution in [0.2, 0.25) is 5.02 Å². The molecule has 3 aliphatic rings. The Kier molecular flexibility index (Phi) is 7.41. The van der Waals surface area contributed by atoms with E-state index in [-0.39, 0.29) is 5.91 Å². The second-order valence-electron chi connectivity index (χ2n) is 8.45. The molecule has 0 radical (unpaired) electrons. The zero-order valence-electron chi connectivity index (χ0n) is 17.7. The molecular formula is C23H32ClN3O3. The number of carbonyl (C=O) groups is 1. The van der Waals surface area contributed by atoms with Gasteiger partial charge in [0.25, 0.3) is 5.91 Å². The van der Waals surface area contributed by atoms with Gasteiger partial charge in [0.2, 0.25) is 0 Å². The number of aromatic nitrogens is 1. The van der Waals surface area contributed by atoms with Crippen molar-refractivity contribution in [2.75, 3.05) is 40.0 Å². The van der Waals surface area contributed by atoms with Gasteiger partial charge in [-0.3, -0.25) is 9.78 Å². The molecule has 0 spiro atoms. The first-order valence-electron chi connectivity index (χ1n) is 11.1. The predicted octanol–water partition coefficient (Wildman–Crippen LogP) is 3.40. The van der Waals surface area contributed by atoms with E-state index in [1.807, 2.05) is 11.0 Å². The molecule has 2 fully saturated rings. The quantitative estimate of drug-likeness (QED) is 0.636. The highest BCUT2D eigenvalue weighted by molar-refractivity contribution is 6.32. The molecule has 1 aromatic rings. The second-order valence-corrected chi connectivity index (χ2v) is 8.86. The Hall–Kier alpha value is -1.47. The molecule has 0 bridgehead atoms. The van der Waals surface area contributed by atoms with Crippen molar-refractivity contribution in [2.45, 2.75) is 56.6 Å². The molecule has 1 unspecified atom stereocenters. The number of nitrogens with one attached hydrogen (secondary N) is 1. The van der Waals surface area contributed by atoms with E-state index in [0.717, 1.165) is 73.5 Å². The largest absolute Gasteiger partial charge is 0.385 e. The van der Waals surface area contributed by atoms with Gasteiger partial charge in [-0.05, 0) is 50.2 Å². The molecule has 2 atom stereocenters. The zero-order chi connectivity index (χ0) is 20.9. The topological polar surface area (TPSA) is 63.7 Å². The number of ether oxygens (including phenoxy) is 2. The van der Waals surface area contributed by atoms with Crippen molar-refractivity contribution in [1.29, 1.82) is 0 Å². The number of hydrogen-bond acceptors (Lipinski definition) is 5. The summed E-state index contributed by atoms with van der Waals surface area (Å²) in [6.07, 6.45) is 9.85.